The van der Waals surface area contributed by atoms with Gasteiger partial charge in [0, 0.05) is 6.54 Å². The molecule has 0 aliphatic carbocycles. The minimum Gasteiger partial charge on any atom is -0.448 e. The molecule has 1 aromatic heterocycles. The third kappa shape index (κ3) is 4.89. The van der Waals surface area contributed by atoms with Crippen LogP contribution in [0.15, 0.2) is 35.7 Å². The van der Waals surface area contributed by atoms with E-state index in [1.807, 2.05) is 13.0 Å². The number of hydrogen-bond donors (Lipinski definition) is 1. The van der Waals surface area contributed by atoms with Crippen LogP contribution in [0.1, 0.15) is 27.7 Å². The molecule has 1 heterocycles. The molecule has 0 aliphatic rings. The Hall–Kier alpha value is -2.21. The number of benzene rings is 1. The average Bonchev–Trinajstić information content (AvgIpc) is 2.95. The summed E-state index contributed by atoms with van der Waals surface area (Å²) in [6.07, 6.45) is -0.284. The van der Waals surface area contributed by atoms with Crippen molar-refractivity contribution >= 4 is 23.2 Å². The summed E-state index contributed by atoms with van der Waals surface area (Å²) >= 11 is 1.29. The molecule has 6 heteroatoms. The fourth-order valence-electron chi connectivity index (χ4n) is 1.97. The standard InChI is InChI=1S/C17H18FNO3S/c1-11-8-10-23-15(11)17(21)22-12(2)16(20)19-9-7-13-3-5-14(18)6-4-13/h3-6,8,10,12H,7,9H2,1-2H3,(H,19,20)/t12-/m1/s1. The number of rotatable bonds is 6. The van der Waals surface area contributed by atoms with Crippen molar-refractivity contribution in [2.75, 3.05) is 6.54 Å². The van der Waals surface area contributed by atoms with Gasteiger partial charge in [-0.3, -0.25) is 4.79 Å². The highest BCUT2D eigenvalue weighted by Gasteiger charge is 2.20. The number of hydrogen-bond acceptors (Lipinski definition) is 4. The lowest BCUT2D eigenvalue weighted by Gasteiger charge is -2.13. The second-order valence-corrected chi connectivity index (χ2v) is 6.06. The molecule has 1 aromatic carbocycles. The van der Waals surface area contributed by atoms with Crippen molar-refractivity contribution in [3.05, 3.63) is 57.5 Å². The van der Waals surface area contributed by atoms with E-state index in [4.69, 9.17) is 4.74 Å². The summed E-state index contributed by atoms with van der Waals surface area (Å²) in [5.41, 5.74) is 1.76. The van der Waals surface area contributed by atoms with Gasteiger partial charge in [0.05, 0.1) is 0 Å². The van der Waals surface area contributed by atoms with E-state index in [1.165, 1.54) is 30.4 Å². The Labute approximate surface area is 138 Å². The monoisotopic (exact) mass is 335 g/mol. The van der Waals surface area contributed by atoms with Crippen molar-refractivity contribution in [3.63, 3.8) is 0 Å². The lowest BCUT2D eigenvalue weighted by Crippen LogP contribution is -2.36. The fraction of sp³-hybridized carbons (Fsp3) is 0.294. The highest BCUT2D eigenvalue weighted by molar-refractivity contribution is 7.12. The Kier molecular flexibility index (Phi) is 5.87. The van der Waals surface area contributed by atoms with Crippen molar-refractivity contribution in [2.45, 2.75) is 26.4 Å². The number of nitrogens with one attached hydrogen (secondary N) is 1. The Morgan fingerprint density at radius 2 is 1.96 bits per heavy atom. The maximum atomic E-state index is 12.8. The number of esters is 1. The topological polar surface area (TPSA) is 55.4 Å². The van der Waals surface area contributed by atoms with Crippen molar-refractivity contribution in [3.8, 4) is 0 Å². The molecule has 0 bridgehead atoms. The van der Waals surface area contributed by atoms with Crippen molar-refractivity contribution in [2.24, 2.45) is 0 Å². The highest BCUT2D eigenvalue weighted by Crippen LogP contribution is 2.17. The fourth-order valence-corrected chi connectivity index (χ4v) is 2.78. The summed E-state index contributed by atoms with van der Waals surface area (Å²) in [4.78, 5) is 24.4. The zero-order valence-electron chi connectivity index (χ0n) is 13.0. The molecule has 0 saturated carbocycles. The van der Waals surface area contributed by atoms with Crippen LogP contribution in [-0.4, -0.2) is 24.5 Å². The molecular weight excluding hydrogens is 317 g/mol. The largest absolute Gasteiger partial charge is 0.448 e. The molecule has 1 amide bonds. The van der Waals surface area contributed by atoms with Gasteiger partial charge in [-0.15, -0.1) is 11.3 Å². The molecule has 2 rings (SSSR count). The van der Waals surface area contributed by atoms with E-state index in [-0.39, 0.29) is 11.7 Å². The van der Waals surface area contributed by atoms with Crippen LogP contribution < -0.4 is 5.32 Å². The Morgan fingerprint density at radius 1 is 1.26 bits per heavy atom. The molecule has 0 saturated heterocycles. The average molecular weight is 335 g/mol. The molecule has 0 unspecified atom stereocenters. The normalized spacial score (nSPS) is 11.8. The molecule has 122 valence electrons. The number of carbonyl (C=O) groups is 2. The summed E-state index contributed by atoms with van der Waals surface area (Å²) in [5.74, 6) is -1.13. The summed E-state index contributed by atoms with van der Waals surface area (Å²) in [7, 11) is 0. The first kappa shape index (κ1) is 17.1. The summed E-state index contributed by atoms with van der Waals surface area (Å²) in [6.45, 7) is 3.75. The molecule has 0 radical (unpaired) electrons. The van der Waals surface area contributed by atoms with Crippen LogP contribution >= 0.6 is 11.3 Å². The molecular formula is C17H18FNO3S. The minimum atomic E-state index is -0.864. The van der Waals surface area contributed by atoms with E-state index in [2.05, 4.69) is 5.32 Å². The Balaban J connectivity index is 1.77. The summed E-state index contributed by atoms with van der Waals surface area (Å²) in [5, 5.41) is 4.51. The number of amides is 1. The van der Waals surface area contributed by atoms with Crippen LogP contribution in [0.5, 0.6) is 0 Å². The lowest BCUT2D eigenvalue weighted by molar-refractivity contribution is -0.129. The van der Waals surface area contributed by atoms with Crippen molar-refractivity contribution < 1.29 is 18.7 Å². The molecule has 2 aromatic rings. The van der Waals surface area contributed by atoms with Gasteiger partial charge in [0.25, 0.3) is 5.91 Å². The van der Waals surface area contributed by atoms with E-state index in [0.29, 0.717) is 17.8 Å². The maximum Gasteiger partial charge on any atom is 0.349 e. The highest BCUT2D eigenvalue weighted by atomic mass is 32.1. The Morgan fingerprint density at radius 3 is 2.57 bits per heavy atom. The van der Waals surface area contributed by atoms with Gasteiger partial charge >= 0.3 is 5.97 Å². The van der Waals surface area contributed by atoms with E-state index in [0.717, 1.165) is 11.1 Å². The van der Waals surface area contributed by atoms with Gasteiger partial charge in [-0.25, -0.2) is 9.18 Å². The van der Waals surface area contributed by atoms with Gasteiger partial charge in [0.15, 0.2) is 6.10 Å². The van der Waals surface area contributed by atoms with Crippen LogP contribution in [0.25, 0.3) is 0 Å². The summed E-state index contributed by atoms with van der Waals surface area (Å²) in [6, 6.07) is 7.93. The van der Waals surface area contributed by atoms with E-state index in [9.17, 15) is 14.0 Å². The molecule has 23 heavy (non-hydrogen) atoms. The summed E-state index contributed by atoms with van der Waals surface area (Å²) < 4.78 is 18.0. The zero-order valence-corrected chi connectivity index (χ0v) is 13.8. The third-order valence-electron chi connectivity index (χ3n) is 3.33. The maximum absolute atomic E-state index is 12.8. The lowest BCUT2D eigenvalue weighted by atomic mass is 10.1. The number of aryl methyl sites for hydroxylation is 1. The Bertz CT molecular complexity index is 681. The first-order valence-electron chi connectivity index (χ1n) is 7.24. The van der Waals surface area contributed by atoms with Gasteiger partial charge in [-0.05, 0) is 55.0 Å². The predicted molar refractivity (Wildman–Crippen MR) is 87.0 cm³/mol. The third-order valence-corrected chi connectivity index (χ3v) is 4.32. The quantitative estimate of drug-likeness (QED) is 0.825. The molecule has 0 fully saturated rings. The second-order valence-electron chi connectivity index (χ2n) is 5.15. The predicted octanol–water partition coefficient (Wildman–Crippen LogP) is 3.10. The van der Waals surface area contributed by atoms with Crippen LogP contribution in [0.2, 0.25) is 0 Å². The molecule has 1 atom stereocenters. The van der Waals surface area contributed by atoms with Crippen LogP contribution in [0.4, 0.5) is 4.39 Å². The second kappa shape index (κ2) is 7.87. The minimum absolute atomic E-state index is 0.290. The van der Waals surface area contributed by atoms with E-state index >= 15 is 0 Å². The van der Waals surface area contributed by atoms with Gasteiger partial charge < -0.3 is 10.1 Å². The first-order chi connectivity index (χ1) is 11.0. The van der Waals surface area contributed by atoms with E-state index in [1.54, 1.807) is 17.5 Å². The van der Waals surface area contributed by atoms with Gasteiger partial charge in [-0.1, -0.05) is 12.1 Å². The van der Waals surface area contributed by atoms with Crippen molar-refractivity contribution in [1.82, 2.24) is 5.32 Å². The van der Waals surface area contributed by atoms with Crippen LogP contribution in [-0.2, 0) is 16.0 Å². The van der Waals surface area contributed by atoms with Crippen LogP contribution in [0, 0.1) is 12.7 Å². The van der Waals surface area contributed by atoms with E-state index < -0.39 is 12.1 Å². The number of carbonyl (C=O) groups excluding carboxylic acids is 2. The molecule has 0 aliphatic heterocycles. The zero-order chi connectivity index (χ0) is 16.8. The smallest absolute Gasteiger partial charge is 0.349 e. The number of thiophene rings is 1. The van der Waals surface area contributed by atoms with Crippen molar-refractivity contribution in [1.29, 1.82) is 0 Å². The number of halogens is 1. The molecule has 4 nitrogen and oxygen atoms in total. The van der Waals surface area contributed by atoms with Gasteiger partial charge in [-0.2, -0.15) is 0 Å². The first-order valence-corrected chi connectivity index (χ1v) is 8.12. The molecule has 0 spiro atoms. The molecule has 1 N–H and O–H groups in total. The number of ether oxygens (including phenoxy) is 1. The van der Waals surface area contributed by atoms with Gasteiger partial charge in [0.1, 0.15) is 10.7 Å². The SMILES string of the molecule is Cc1ccsc1C(=O)O[C@H](C)C(=O)NCCc1ccc(F)cc1. The van der Waals surface area contributed by atoms with Crippen LogP contribution in [0.3, 0.4) is 0 Å². The van der Waals surface area contributed by atoms with Gasteiger partial charge in [0.2, 0.25) is 0 Å².